The largest absolute Gasteiger partial charge is 0.365 e. The van der Waals surface area contributed by atoms with E-state index < -0.39 is 5.91 Å². The Hall–Kier alpha value is -1.01. The molecule has 1 aliphatic heterocycles. The number of carbonyl (C=O) groups excluding carboxylic acids is 2. The number of nitrogens with one attached hydrogen (secondary N) is 1. The summed E-state index contributed by atoms with van der Waals surface area (Å²) in [6.07, 6.45) is 2.78. The van der Waals surface area contributed by atoms with E-state index in [9.17, 15) is 9.59 Å². The fourth-order valence-corrected chi connectivity index (χ4v) is 4.53. The molecule has 1 fully saturated rings. The van der Waals surface area contributed by atoms with Gasteiger partial charge < -0.3 is 11.1 Å². The SMILES string of the molecule is NC(=O)c1c(NC(=O)C2CC2)sc2c1CCSC2. The molecule has 3 rings (SSSR count). The second kappa shape index (κ2) is 4.59. The van der Waals surface area contributed by atoms with Crippen LogP contribution < -0.4 is 11.1 Å². The summed E-state index contributed by atoms with van der Waals surface area (Å²) in [4.78, 5) is 24.6. The van der Waals surface area contributed by atoms with Crippen molar-refractivity contribution in [1.29, 1.82) is 0 Å². The lowest BCUT2D eigenvalue weighted by molar-refractivity contribution is -0.117. The van der Waals surface area contributed by atoms with Crippen LogP contribution in [-0.4, -0.2) is 17.6 Å². The van der Waals surface area contributed by atoms with Crippen LogP contribution in [0.1, 0.15) is 33.6 Å². The number of primary amides is 1. The third-order valence-corrected chi connectivity index (χ3v) is 5.57. The summed E-state index contributed by atoms with van der Waals surface area (Å²) in [5.74, 6) is 1.67. The highest BCUT2D eigenvalue weighted by molar-refractivity contribution is 7.98. The van der Waals surface area contributed by atoms with Crippen LogP contribution in [0.5, 0.6) is 0 Å². The van der Waals surface area contributed by atoms with Gasteiger partial charge in [-0.1, -0.05) is 0 Å². The fraction of sp³-hybridized carbons (Fsp3) is 0.500. The van der Waals surface area contributed by atoms with Crippen molar-refractivity contribution in [2.24, 2.45) is 11.7 Å². The second-order valence-electron chi connectivity index (χ2n) is 4.64. The van der Waals surface area contributed by atoms with Gasteiger partial charge in [0.05, 0.1) is 5.56 Å². The van der Waals surface area contributed by atoms with Crippen molar-refractivity contribution in [3.8, 4) is 0 Å². The average Bonchev–Trinajstić information content (AvgIpc) is 3.10. The molecule has 0 spiro atoms. The molecule has 0 radical (unpaired) electrons. The molecule has 4 nitrogen and oxygen atoms in total. The Morgan fingerprint density at radius 1 is 1.33 bits per heavy atom. The molecule has 2 amide bonds. The number of anilines is 1. The van der Waals surface area contributed by atoms with Crippen molar-refractivity contribution in [2.45, 2.75) is 25.0 Å². The molecule has 18 heavy (non-hydrogen) atoms. The van der Waals surface area contributed by atoms with E-state index >= 15 is 0 Å². The second-order valence-corrected chi connectivity index (χ2v) is 6.85. The minimum atomic E-state index is -0.425. The van der Waals surface area contributed by atoms with Gasteiger partial charge in [-0.05, 0) is 30.6 Å². The molecule has 0 aromatic carbocycles. The van der Waals surface area contributed by atoms with Crippen LogP contribution in [0.25, 0.3) is 0 Å². The van der Waals surface area contributed by atoms with E-state index in [0.717, 1.165) is 36.3 Å². The van der Waals surface area contributed by atoms with Gasteiger partial charge in [0.1, 0.15) is 5.00 Å². The van der Waals surface area contributed by atoms with E-state index in [1.54, 1.807) is 0 Å². The molecular formula is C12H14N2O2S2. The zero-order valence-corrected chi connectivity index (χ0v) is 11.5. The Balaban J connectivity index is 1.94. The summed E-state index contributed by atoms with van der Waals surface area (Å²) in [6, 6.07) is 0. The molecule has 0 unspecified atom stereocenters. The van der Waals surface area contributed by atoms with E-state index in [2.05, 4.69) is 5.32 Å². The van der Waals surface area contributed by atoms with Crippen LogP contribution in [-0.2, 0) is 17.0 Å². The van der Waals surface area contributed by atoms with E-state index in [0.29, 0.717) is 10.6 Å². The van der Waals surface area contributed by atoms with Gasteiger partial charge in [0.25, 0.3) is 5.91 Å². The highest BCUT2D eigenvalue weighted by Gasteiger charge is 2.32. The fourth-order valence-electron chi connectivity index (χ4n) is 2.14. The average molecular weight is 282 g/mol. The van der Waals surface area contributed by atoms with Crippen LogP contribution in [0, 0.1) is 5.92 Å². The molecule has 0 atom stereocenters. The van der Waals surface area contributed by atoms with Crippen LogP contribution in [0.2, 0.25) is 0 Å². The number of carbonyl (C=O) groups is 2. The van der Waals surface area contributed by atoms with Gasteiger partial charge in [-0.15, -0.1) is 11.3 Å². The van der Waals surface area contributed by atoms with Gasteiger partial charge in [-0.3, -0.25) is 9.59 Å². The molecule has 6 heteroatoms. The van der Waals surface area contributed by atoms with Crippen molar-refractivity contribution < 1.29 is 9.59 Å². The summed E-state index contributed by atoms with van der Waals surface area (Å²) < 4.78 is 0. The van der Waals surface area contributed by atoms with Crippen molar-refractivity contribution in [3.05, 3.63) is 16.0 Å². The summed E-state index contributed by atoms with van der Waals surface area (Å²) in [5, 5.41) is 3.54. The molecule has 1 saturated carbocycles. The molecule has 2 heterocycles. The lowest BCUT2D eigenvalue weighted by Crippen LogP contribution is -2.19. The van der Waals surface area contributed by atoms with E-state index in [-0.39, 0.29) is 11.8 Å². The van der Waals surface area contributed by atoms with Gasteiger partial charge in [-0.2, -0.15) is 11.8 Å². The first-order valence-electron chi connectivity index (χ1n) is 5.99. The topological polar surface area (TPSA) is 72.2 Å². The lowest BCUT2D eigenvalue weighted by Gasteiger charge is -2.11. The Morgan fingerprint density at radius 2 is 2.11 bits per heavy atom. The summed E-state index contributed by atoms with van der Waals surface area (Å²) in [7, 11) is 0. The van der Waals surface area contributed by atoms with Crippen LogP contribution in [0.4, 0.5) is 5.00 Å². The number of thioether (sulfide) groups is 1. The standard InChI is InChI=1S/C12H14N2O2S2/c13-10(15)9-7-3-4-17-5-8(7)18-12(9)14-11(16)6-1-2-6/h6H,1-5H2,(H2,13,15)(H,14,16). The first-order valence-corrected chi connectivity index (χ1v) is 7.97. The molecule has 0 bridgehead atoms. The number of hydrogen-bond donors (Lipinski definition) is 2. The molecule has 0 saturated heterocycles. The van der Waals surface area contributed by atoms with Gasteiger partial charge >= 0.3 is 0 Å². The zero-order valence-electron chi connectivity index (χ0n) is 9.82. The summed E-state index contributed by atoms with van der Waals surface area (Å²) in [6.45, 7) is 0. The van der Waals surface area contributed by atoms with E-state index in [1.807, 2.05) is 11.8 Å². The van der Waals surface area contributed by atoms with Crippen molar-refractivity contribution in [1.82, 2.24) is 0 Å². The van der Waals surface area contributed by atoms with Crippen molar-refractivity contribution >= 4 is 39.9 Å². The van der Waals surface area contributed by atoms with Crippen LogP contribution in [0.15, 0.2) is 0 Å². The van der Waals surface area contributed by atoms with Crippen molar-refractivity contribution in [2.75, 3.05) is 11.1 Å². The molecule has 3 N–H and O–H groups in total. The molecule has 96 valence electrons. The molecule has 2 aliphatic rings. The quantitative estimate of drug-likeness (QED) is 0.890. The van der Waals surface area contributed by atoms with E-state index in [4.69, 9.17) is 5.73 Å². The highest BCUT2D eigenvalue weighted by atomic mass is 32.2. The maximum atomic E-state index is 11.8. The Labute approximate surface area is 113 Å². The molecule has 1 aliphatic carbocycles. The normalized spacial score (nSPS) is 18.2. The summed E-state index contributed by atoms with van der Waals surface area (Å²) >= 11 is 3.36. The number of fused-ring (bicyclic) bond motifs is 1. The van der Waals surface area contributed by atoms with E-state index in [1.165, 1.54) is 16.2 Å². The van der Waals surface area contributed by atoms with Gasteiger partial charge in [0, 0.05) is 16.5 Å². The predicted molar refractivity (Wildman–Crippen MR) is 74.1 cm³/mol. The van der Waals surface area contributed by atoms with Crippen LogP contribution >= 0.6 is 23.1 Å². The maximum Gasteiger partial charge on any atom is 0.251 e. The van der Waals surface area contributed by atoms with Gasteiger partial charge in [0.15, 0.2) is 0 Å². The Kier molecular flexibility index (Phi) is 3.07. The number of thiophene rings is 1. The lowest BCUT2D eigenvalue weighted by atomic mass is 10.1. The smallest absolute Gasteiger partial charge is 0.251 e. The maximum absolute atomic E-state index is 11.8. The monoisotopic (exact) mass is 282 g/mol. The molecular weight excluding hydrogens is 268 g/mol. The first kappa shape index (κ1) is 12.0. The predicted octanol–water partition coefficient (Wildman–Crippen LogP) is 1.98. The third-order valence-electron chi connectivity index (χ3n) is 3.25. The number of nitrogens with two attached hydrogens (primary N) is 1. The number of amides is 2. The molecule has 1 aromatic heterocycles. The Bertz CT molecular complexity index is 520. The third kappa shape index (κ3) is 2.14. The van der Waals surface area contributed by atoms with Crippen LogP contribution in [0.3, 0.4) is 0 Å². The highest BCUT2D eigenvalue weighted by Crippen LogP contribution is 2.40. The van der Waals surface area contributed by atoms with Crippen molar-refractivity contribution in [3.63, 3.8) is 0 Å². The number of rotatable bonds is 3. The van der Waals surface area contributed by atoms with Gasteiger partial charge in [0.2, 0.25) is 5.91 Å². The van der Waals surface area contributed by atoms with Gasteiger partial charge in [-0.25, -0.2) is 0 Å². The zero-order chi connectivity index (χ0) is 12.7. The molecule has 1 aromatic rings. The Morgan fingerprint density at radius 3 is 2.78 bits per heavy atom. The number of hydrogen-bond acceptors (Lipinski definition) is 4. The minimum absolute atomic E-state index is 0.0312. The summed E-state index contributed by atoms with van der Waals surface area (Å²) in [5.41, 5.74) is 7.06. The first-order chi connectivity index (χ1) is 8.66. The minimum Gasteiger partial charge on any atom is -0.365 e.